The molecule has 0 aliphatic rings. The van der Waals surface area contributed by atoms with Gasteiger partial charge in [0.15, 0.2) is 0 Å². The van der Waals surface area contributed by atoms with Crippen molar-refractivity contribution >= 4 is 35.3 Å². The summed E-state index contributed by atoms with van der Waals surface area (Å²) < 4.78 is 1.53. The molecule has 0 aliphatic heterocycles. The lowest BCUT2D eigenvalue weighted by molar-refractivity contribution is 0.625. The Kier molecular flexibility index (Phi) is 6.83. The second-order valence-electron chi connectivity index (χ2n) is 2.23. The van der Waals surface area contributed by atoms with Gasteiger partial charge in [-0.2, -0.15) is 0 Å². The molecule has 0 aromatic heterocycles. The zero-order chi connectivity index (χ0) is 5.70. The molecule has 2 heteroatoms. The van der Waals surface area contributed by atoms with Crippen LogP contribution in [-0.2, 0) is 0 Å². The molecule has 0 unspecified atom stereocenters. The lowest BCUT2D eigenvalue weighted by Gasteiger charge is -1.97. The van der Waals surface area contributed by atoms with Gasteiger partial charge in [-0.3, -0.25) is 0 Å². The van der Waals surface area contributed by atoms with Gasteiger partial charge in [-0.1, -0.05) is 20.3 Å². The Labute approximate surface area is 65.5 Å². The molecule has 0 saturated carbocycles. The number of hydrogen-bond acceptors (Lipinski definition) is 0. The molecule has 0 aromatic carbocycles. The molecule has 0 bridgehead atoms. The maximum absolute atomic E-state index is 2.56. The van der Waals surface area contributed by atoms with Crippen molar-refractivity contribution in [3.8, 4) is 0 Å². The van der Waals surface area contributed by atoms with E-state index >= 15 is 0 Å². The van der Waals surface area contributed by atoms with Gasteiger partial charge >= 0.3 is 16.5 Å². The minimum absolute atomic E-state index is 0.341. The molecular formula is C5H11IMg. The molecule has 0 N–H and O–H groups in total. The Morgan fingerprint density at radius 2 is 2.14 bits per heavy atom. The van der Waals surface area contributed by atoms with Gasteiger partial charge in [-0.05, 0) is 5.92 Å². The molecule has 0 fully saturated rings. The monoisotopic (exact) mass is 222 g/mol. The van der Waals surface area contributed by atoms with Gasteiger partial charge in [0.1, 0.15) is 0 Å². The lowest BCUT2D eigenvalue weighted by atomic mass is 10.2. The minimum atomic E-state index is 0.341. The van der Waals surface area contributed by atoms with Crippen LogP contribution in [0.3, 0.4) is 0 Å². The quantitative estimate of drug-likeness (QED) is 0.508. The summed E-state index contributed by atoms with van der Waals surface area (Å²) in [6.45, 7) is 4.58. The summed E-state index contributed by atoms with van der Waals surface area (Å²) in [5.41, 5.74) is 0. The molecular weight excluding hydrogens is 211 g/mol. The van der Waals surface area contributed by atoms with Crippen LogP contribution in [0.4, 0.5) is 0 Å². The first-order chi connectivity index (χ1) is 3.27. The van der Waals surface area contributed by atoms with Crippen molar-refractivity contribution in [3.63, 3.8) is 0 Å². The number of hydrogen-bond donors (Lipinski definition) is 0. The van der Waals surface area contributed by atoms with Crippen molar-refractivity contribution in [1.82, 2.24) is 0 Å². The number of halogens is 1. The van der Waals surface area contributed by atoms with Gasteiger partial charge in [0.25, 0.3) is 0 Å². The fourth-order valence-corrected chi connectivity index (χ4v) is 2.78. The Hall–Kier alpha value is 1.50. The zero-order valence-electron chi connectivity index (χ0n) is 5.08. The summed E-state index contributed by atoms with van der Waals surface area (Å²) in [7, 11) is 0. The predicted molar refractivity (Wildman–Crippen MR) is 44.0 cm³/mol. The van der Waals surface area contributed by atoms with Crippen LogP contribution in [0.2, 0.25) is 4.55 Å². The molecule has 7 heavy (non-hydrogen) atoms. The maximum Gasteiger partial charge on any atom is 0.463 e. The molecule has 40 valence electrons. The highest BCUT2D eigenvalue weighted by Crippen LogP contribution is 2.03. The third-order valence-electron chi connectivity index (χ3n) is 0.915. The number of rotatable bonds is 3. The van der Waals surface area contributed by atoms with E-state index in [4.69, 9.17) is 0 Å². The largest absolute Gasteiger partial charge is 0.463 e. The highest BCUT2D eigenvalue weighted by atomic mass is 127. The Bertz CT molecular complexity index is 37.1. The molecule has 0 nitrogen and oxygen atoms in total. The first kappa shape index (κ1) is 8.50. The standard InChI is InChI=1S/C5H11.HI.Mg/c1-4-5(2)3;;/h5H,1,4H2,2-3H3;1H;/q;;+1/p-1. The summed E-state index contributed by atoms with van der Waals surface area (Å²) in [5.74, 6) is 0.933. The van der Waals surface area contributed by atoms with Gasteiger partial charge < -0.3 is 18.9 Å². The van der Waals surface area contributed by atoms with E-state index in [2.05, 4.69) is 32.7 Å². The molecule has 0 saturated heterocycles. The molecule has 0 radical (unpaired) electrons. The van der Waals surface area contributed by atoms with E-state index in [1.54, 1.807) is 0 Å². The fourth-order valence-electron chi connectivity index (χ4n) is 0.485. The average Bonchev–Trinajstić information content (AvgIpc) is 1.61. The lowest BCUT2D eigenvalue weighted by Crippen LogP contribution is -1.86. The van der Waals surface area contributed by atoms with Crippen molar-refractivity contribution in [1.29, 1.82) is 0 Å². The third-order valence-corrected chi connectivity index (χ3v) is 3.88. The van der Waals surface area contributed by atoms with Crippen molar-refractivity contribution < 1.29 is 0 Å². The van der Waals surface area contributed by atoms with Gasteiger partial charge in [0.05, 0.1) is 0 Å². The molecule has 0 spiro atoms. The van der Waals surface area contributed by atoms with E-state index < -0.39 is 0 Å². The topological polar surface area (TPSA) is 0 Å². The molecule has 0 aromatic rings. The smallest absolute Gasteiger partial charge is 0.301 e. The predicted octanol–water partition coefficient (Wildman–Crippen LogP) is 2.51. The van der Waals surface area contributed by atoms with Gasteiger partial charge in [-0.15, -0.1) is 4.55 Å². The van der Waals surface area contributed by atoms with Crippen LogP contribution in [-0.4, -0.2) is 16.5 Å². The normalized spacial score (nSPS) is 9.14. The summed E-state index contributed by atoms with van der Waals surface area (Å²) in [5, 5.41) is 0. The molecule has 0 amide bonds. The Morgan fingerprint density at radius 3 is 2.29 bits per heavy atom. The van der Waals surface area contributed by atoms with Crippen LogP contribution in [0, 0.1) is 5.92 Å². The van der Waals surface area contributed by atoms with E-state index in [-0.39, 0.29) is 0 Å². The third kappa shape index (κ3) is 7.50. The van der Waals surface area contributed by atoms with Crippen LogP contribution in [0.25, 0.3) is 0 Å². The van der Waals surface area contributed by atoms with Crippen molar-refractivity contribution in [2.75, 3.05) is 0 Å². The summed E-state index contributed by atoms with van der Waals surface area (Å²) in [6, 6.07) is 0. The zero-order valence-corrected chi connectivity index (χ0v) is 8.65. The van der Waals surface area contributed by atoms with Crippen molar-refractivity contribution in [2.24, 2.45) is 5.92 Å². The first-order valence-electron chi connectivity index (χ1n) is 2.83. The minimum Gasteiger partial charge on any atom is -0.301 e. The second kappa shape index (κ2) is 5.63. The fraction of sp³-hybridized carbons (Fsp3) is 1.00. The van der Waals surface area contributed by atoms with E-state index in [0.717, 1.165) is 5.92 Å². The first-order valence-corrected chi connectivity index (χ1v) is 8.94. The molecule has 0 heterocycles. The van der Waals surface area contributed by atoms with E-state index in [0.29, 0.717) is 16.5 Å². The Morgan fingerprint density at radius 1 is 1.57 bits per heavy atom. The van der Waals surface area contributed by atoms with E-state index in [1.807, 2.05) is 0 Å². The average molecular weight is 222 g/mol. The highest BCUT2D eigenvalue weighted by Gasteiger charge is 1.92. The summed E-state index contributed by atoms with van der Waals surface area (Å²) >= 11 is 2.90. The van der Waals surface area contributed by atoms with Crippen LogP contribution in [0.15, 0.2) is 0 Å². The molecule has 0 atom stereocenters. The van der Waals surface area contributed by atoms with Gasteiger partial charge in [0.2, 0.25) is 0 Å². The maximum atomic E-state index is 2.56. The molecule has 0 aliphatic carbocycles. The Balaban J connectivity index is 2.68. The van der Waals surface area contributed by atoms with E-state index in [9.17, 15) is 0 Å². The highest BCUT2D eigenvalue weighted by molar-refractivity contribution is 14.1. The van der Waals surface area contributed by atoms with Crippen LogP contribution < -0.4 is 0 Å². The van der Waals surface area contributed by atoms with Crippen LogP contribution >= 0.6 is 18.9 Å². The van der Waals surface area contributed by atoms with Crippen LogP contribution in [0.1, 0.15) is 20.3 Å². The van der Waals surface area contributed by atoms with Gasteiger partial charge in [0, 0.05) is 0 Å². The summed E-state index contributed by atoms with van der Waals surface area (Å²) in [6.07, 6.45) is 1.45. The second-order valence-corrected chi connectivity index (χ2v) is 6.55. The SMILES string of the molecule is CC(C)C[CH2][Mg][I]. The van der Waals surface area contributed by atoms with E-state index in [1.165, 1.54) is 11.0 Å². The van der Waals surface area contributed by atoms with Crippen LogP contribution in [0.5, 0.6) is 0 Å². The van der Waals surface area contributed by atoms with Crippen molar-refractivity contribution in [3.05, 3.63) is 0 Å². The van der Waals surface area contributed by atoms with Crippen molar-refractivity contribution in [2.45, 2.75) is 24.8 Å². The molecule has 0 rings (SSSR count). The van der Waals surface area contributed by atoms with Gasteiger partial charge in [-0.25, -0.2) is 0 Å². The summed E-state index contributed by atoms with van der Waals surface area (Å²) in [4.78, 5) is 0.